The summed E-state index contributed by atoms with van der Waals surface area (Å²) in [4.78, 5) is 37.3. The molecule has 0 radical (unpaired) electrons. The number of benzene rings is 1. The molecule has 1 aromatic carbocycles. The fourth-order valence-electron chi connectivity index (χ4n) is 3.27. The standard InChI is InChI=1S/C18H22IN3O4/c1-2-15(24)21-14-7-13(19)16(14)20-8-10(23)9-22-17(25)11-5-3-4-6-12(11)18(22)26/h3-6,10,13-14,16,20,23H,2,7-9H2,1H3,(H,21,24)/t10?,13?,14?,16-/m1/s1. The lowest BCUT2D eigenvalue weighted by atomic mass is 9.86. The molecule has 8 heteroatoms. The average molecular weight is 471 g/mol. The smallest absolute Gasteiger partial charge is 0.261 e. The Morgan fingerprint density at radius 3 is 2.46 bits per heavy atom. The van der Waals surface area contributed by atoms with Crippen LogP contribution in [-0.2, 0) is 4.79 Å². The van der Waals surface area contributed by atoms with Gasteiger partial charge in [-0.2, -0.15) is 0 Å². The lowest BCUT2D eigenvalue weighted by Gasteiger charge is -2.43. The second-order valence-corrected chi connectivity index (χ2v) is 8.23. The summed E-state index contributed by atoms with van der Waals surface area (Å²) in [6, 6.07) is 6.80. The van der Waals surface area contributed by atoms with Crippen molar-refractivity contribution < 1.29 is 19.5 Å². The predicted octanol–water partition coefficient (Wildman–Crippen LogP) is 0.704. The summed E-state index contributed by atoms with van der Waals surface area (Å²) in [5, 5.41) is 16.5. The highest BCUT2D eigenvalue weighted by Crippen LogP contribution is 2.29. The number of aliphatic hydroxyl groups is 1. The van der Waals surface area contributed by atoms with Gasteiger partial charge < -0.3 is 15.7 Å². The average Bonchev–Trinajstić information content (AvgIpc) is 2.86. The van der Waals surface area contributed by atoms with Crippen LogP contribution in [0.3, 0.4) is 0 Å². The zero-order chi connectivity index (χ0) is 18.8. The highest BCUT2D eigenvalue weighted by Gasteiger charge is 2.40. The van der Waals surface area contributed by atoms with E-state index in [1.807, 2.05) is 6.92 Å². The minimum absolute atomic E-state index is 0.0108. The summed E-state index contributed by atoms with van der Waals surface area (Å²) in [6.07, 6.45) is 0.458. The lowest BCUT2D eigenvalue weighted by Crippen LogP contribution is -2.64. The van der Waals surface area contributed by atoms with Gasteiger partial charge in [0.1, 0.15) is 0 Å². The Hall–Kier alpha value is -1.52. The zero-order valence-corrected chi connectivity index (χ0v) is 16.6. The second kappa shape index (κ2) is 8.01. The molecule has 1 fully saturated rings. The van der Waals surface area contributed by atoms with E-state index < -0.39 is 6.10 Å². The van der Waals surface area contributed by atoms with Crippen LogP contribution in [0, 0.1) is 0 Å². The predicted molar refractivity (Wildman–Crippen MR) is 104 cm³/mol. The van der Waals surface area contributed by atoms with Gasteiger partial charge in [0.25, 0.3) is 11.8 Å². The Labute approximate surface area is 165 Å². The van der Waals surface area contributed by atoms with E-state index in [0.717, 1.165) is 11.3 Å². The van der Waals surface area contributed by atoms with Gasteiger partial charge in [0.05, 0.1) is 23.8 Å². The van der Waals surface area contributed by atoms with E-state index in [-0.39, 0.29) is 42.9 Å². The topological polar surface area (TPSA) is 98.7 Å². The maximum Gasteiger partial charge on any atom is 0.261 e. The number of amides is 3. The van der Waals surface area contributed by atoms with Gasteiger partial charge >= 0.3 is 0 Å². The Balaban J connectivity index is 1.52. The molecule has 1 aliphatic heterocycles. The number of nitrogens with zero attached hydrogens (tertiary/aromatic N) is 1. The van der Waals surface area contributed by atoms with Gasteiger partial charge in [0.2, 0.25) is 5.91 Å². The van der Waals surface area contributed by atoms with Gasteiger partial charge in [0.15, 0.2) is 0 Å². The van der Waals surface area contributed by atoms with Gasteiger partial charge in [-0.05, 0) is 18.6 Å². The van der Waals surface area contributed by atoms with E-state index in [1.54, 1.807) is 24.3 Å². The van der Waals surface area contributed by atoms with Crippen molar-refractivity contribution >= 4 is 40.3 Å². The number of hydrogen-bond donors (Lipinski definition) is 3. The summed E-state index contributed by atoms with van der Waals surface area (Å²) in [5.41, 5.74) is 0.762. The fourth-order valence-corrected chi connectivity index (χ4v) is 4.58. The Kier molecular flexibility index (Phi) is 5.93. The zero-order valence-electron chi connectivity index (χ0n) is 14.4. The number of alkyl halides is 1. The molecule has 0 saturated heterocycles. The molecule has 2 aliphatic rings. The molecule has 26 heavy (non-hydrogen) atoms. The van der Waals surface area contributed by atoms with Crippen LogP contribution in [0.15, 0.2) is 24.3 Å². The number of fused-ring (bicyclic) bond motifs is 1. The molecule has 0 bridgehead atoms. The van der Waals surface area contributed by atoms with Crippen molar-refractivity contribution in [2.75, 3.05) is 13.1 Å². The normalized spacial score (nSPS) is 25.7. The summed E-state index contributed by atoms with van der Waals surface area (Å²) in [7, 11) is 0. The first-order chi connectivity index (χ1) is 12.4. The van der Waals surface area contributed by atoms with Crippen molar-refractivity contribution in [2.45, 2.75) is 41.9 Å². The quantitative estimate of drug-likeness (QED) is 0.309. The number of hydrogen-bond acceptors (Lipinski definition) is 5. The highest BCUT2D eigenvalue weighted by atomic mass is 127. The third-order valence-electron chi connectivity index (χ3n) is 4.83. The van der Waals surface area contributed by atoms with Crippen LogP contribution in [0.25, 0.3) is 0 Å². The van der Waals surface area contributed by atoms with Crippen LogP contribution < -0.4 is 10.6 Å². The Morgan fingerprint density at radius 1 is 1.31 bits per heavy atom. The maximum absolute atomic E-state index is 12.3. The van der Waals surface area contributed by atoms with E-state index in [1.165, 1.54) is 0 Å². The fraction of sp³-hybridized carbons (Fsp3) is 0.500. The van der Waals surface area contributed by atoms with Crippen LogP contribution in [0.2, 0.25) is 0 Å². The third kappa shape index (κ3) is 3.77. The number of carbonyl (C=O) groups excluding carboxylic acids is 3. The second-order valence-electron chi connectivity index (χ2n) is 6.63. The van der Waals surface area contributed by atoms with E-state index in [2.05, 4.69) is 33.2 Å². The van der Waals surface area contributed by atoms with Crippen molar-refractivity contribution in [2.24, 2.45) is 0 Å². The molecule has 3 rings (SSSR count). The van der Waals surface area contributed by atoms with Gasteiger partial charge in [-0.25, -0.2) is 0 Å². The van der Waals surface area contributed by atoms with Gasteiger partial charge in [-0.1, -0.05) is 41.6 Å². The summed E-state index contributed by atoms with van der Waals surface area (Å²) in [6.45, 7) is 2.00. The molecule has 1 saturated carbocycles. The number of rotatable bonds is 7. The Morgan fingerprint density at radius 2 is 1.92 bits per heavy atom. The van der Waals surface area contributed by atoms with Gasteiger partial charge in [-0.15, -0.1) is 0 Å². The number of nitrogens with one attached hydrogen (secondary N) is 2. The van der Waals surface area contributed by atoms with Crippen molar-refractivity contribution in [3.63, 3.8) is 0 Å². The first kappa shape index (κ1) is 19.2. The maximum atomic E-state index is 12.3. The molecule has 3 amide bonds. The molecule has 4 atom stereocenters. The monoisotopic (exact) mass is 471 g/mol. The molecule has 1 aromatic rings. The van der Waals surface area contributed by atoms with Crippen LogP contribution in [0.1, 0.15) is 40.5 Å². The molecule has 0 aromatic heterocycles. The number of aliphatic hydroxyl groups excluding tert-OH is 1. The van der Waals surface area contributed by atoms with Gasteiger partial charge in [-0.3, -0.25) is 19.3 Å². The van der Waals surface area contributed by atoms with E-state index >= 15 is 0 Å². The van der Waals surface area contributed by atoms with Gasteiger partial charge in [0, 0.05) is 29.0 Å². The summed E-state index contributed by atoms with van der Waals surface area (Å²) in [5.74, 6) is -0.724. The van der Waals surface area contributed by atoms with Crippen molar-refractivity contribution in [1.29, 1.82) is 0 Å². The number of carbonyl (C=O) groups is 3. The van der Waals surface area contributed by atoms with Crippen molar-refractivity contribution in [3.8, 4) is 0 Å². The Bertz CT molecular complexity index is 691. The number of halogens is 1. The molecule has 1 aliphatic carbocycles. The SMILES string of the molecule is CCC(=O)NC1CC(I)[C@H]1NCC(O)CN1C(=O)c2ccccc2C1=O. The molecule has 3 unspecified atom stereocenters. The van der Waals surface area contributed by atoms with Crippen molar-refractivity contribution in [3.05, 3.63) is 35.4 Å². The largest absolute Gasteiger partial charge is 0.390 e. The molecular weight excluding hydrogens is 449 g/mol. The van der Waals surface area contributed by atoms with E-state index in [0.29, 0.717) is 21.5 Å². The van der Waals surface area contributed by atoms with E-state index in [4.69, 9.17) is 0 Å². The lowest BCUT2D eigenvalue weighted by molar-refractivity contribution is -0.122. The first-order valence-electron chi connectivity index (χ1n) is 8.72. The van der Waals surface area contributed by atoms with Crippen LogP contribution >= 0.6 is 22.6 Å². The summed E-state index contributed by atoms with van der Waals surface area (Å²) < 4.78 is 0.362. The number of imide groups is 1. The molecule has 140 valence electrons. The minimum atomic E-state index is -0.871. The first-order valence-corrected chi connectivity index (χ1v) is 9.97. The van der Waals surface area contributed by atoms with Crippen LogP contribution in [0.5, 0.6) is 0 Å². The molecule has 0 spiro atoms. The highest BCUT2D eigenvalue weighted by molar-refractivity contribution is 14.1. The number of β-amino-alcohol motifs (C(OH)–C–C–N with tert-alkyl or cyclic N) is 1. The molecule has 1 heterocycles. The van der Waals surface area contributed by atoms with Crippen molar-refractivity contribution in [1.82, 2.24) is 15.5 Å². The molecular formula is C18H22IN3O4. The van der Waals surface area contributed by atoms with Crippen LogP contribution in [0.4, 0.5) is 0 Å². The molecule has 3 N–H and O–H groups in total. The summed E-state index contributed by atoms with van der Waals surface area (Å²) >= 11 is 2.32. The third-order valence-corrected chi connectivity index (χ3v) is 6.11. The molecule has 7 nitrogen and oxygen atoms in total. The minimum Gasteiger partial charge on any atom is -0.390 e. The van der Waals surface area contributed by atoms with E-state index in [9.17, 15) is 19.5 Å². The van der Waals surface area contributed by atoms with Crippen LogP contribution in [-0.4, -0.2) is 62.9 Å².